The van der Waals surface area contributed by atoms with Crippen LogP contribution in [0.4, 0.5) is 10.1 Å². The molecule has 16 heavy (non-hydrogen) atoms. The van der Waals surface area contributed by atoms with Crippen LogP contribution in [-0.4, -0.2) is 9.97 Å². The zero-order chi connectivity index (χ0) is 11.5. The summed E-state index contributed by atoms with van der Waals surface area (Å²) in [5.74, 6) is -0.587. The van der Waals surface area contributed by atoms with Crippen molar-refractivity contribution in [1.29, 1.82) is 0 Å². The zero-order valence-electron chi connectivity index (χ0n) is 8.02. The standard InChI is InChI=1S/C10H7ClFN3O/c11-6-2-1-3-8(9(6)12)16-10-7(13)4-14-5-15-10/h1-5H,13H2. The topological polar surface area (TPSA) is 61.0 Å². The first-order chi connectivity index (χ1) is 7.68. The molecule has 0 bridgehead atoms. The molecule has 6 heteroatoms. The van der Waals surface area contributed by atoms with Gasteiger partial charge in [-0.2, -0.15) is 4.98 Å². The number of benzene rings is 1. The van der Waals surface area contributed by atoms with E-state index in [2.05, 4.69) is 9.97 Å². The molecule has 1 aromatic carbocycles. The van der Waals surface area contributed by atoms with E-state index in [4.69, 9.17) is 22.1 Å². The molecule has 2 N–H and O–H groups in total. The van der Waals surface area contributed by atoms with E-state index < -0.39 is 5.82 Å². The second kappa shape index (κ2) is 4.32. The van der Waals surface area contributed by atoms with Gasteiger partial charge in [0.05, 0.1) is 11.2 Å². The lowest BCUT2D eigenvalue weighted by atomic mass is 10.3. The fraction of sp³-hybridized carbons (Fsp3) is 0. The van der Waals surface area contributed by atoms with Gasteiger partial charge in [0.15, 0.2) is 11.6 Å². The molecule has 2 rings (SSSR count). The summed E-state index contributed by atoms with van der Waals surface area (Å²) in [4.78, 5) is 7.47. The van der Waals surface area contributed by atoms with Crippen molar-refractivity contribution in [2.45, 2.75) is 0 Å². The minimum Gasteiger partial charge on any atom is -0.434 e. The van der Waals surface area contributed by atoms with E-state index in [1.807, 2.05) is 0 Å². The van der Waals surface area contributed by atoms with Crippen molar-refractivity contribution in [2.75, 3.05) is 5.73 Å². The van der Waals surface area contributed by atoms with Crippen LogP contribution in [0, 0.1) is 5.82 Å². The number of nitrogens with two attached hydrogens (primary N) is 1. The third-order valence-corrected chi connectivity index (χ3v) is 2.12. The van der Waals surface area contributed by atoms with E-state index in [0.29, 0.717) is 0 Å². The Kier molecular flexibility index (Phi) is 2.87. The van der Waals surface area contributed by atoms with E-state index in [0.717, 1.165) is 0 Å². The van der Waals surface area contributed by atoms with Gasteiger partial charge in [0.2, 0.25) is 5.88 Å². The maximum atomic E-state index is 13.5. The Bertz CT molecular complexity index is 521. The second-order valence-electron chi connectivity index (χ2n) is 2.94. The van der Waals surface area contributed by atoms with E-state index in [-0.39, 0.29) is 22.3 Å². The maximum Gasteiger partial charge on any atom is 0.245 e. The average Bonchev–Trinajstić information content (AvgIpc) is 2.28. The number of rotatable bonds is 2. The highest BCUT2D eigenvalue weighted by Crippen LogP contribution is 2.29. The SMILES string of the molecule is Nc1cncnc1Oc1cccc(Cl)c1F. The molecular weight excluding hydrogens is 233 g/mol. The monoisotopic (exact) mass is 239 g/mol. The largest absolute Gasteiger partial charge is 0.434 e. The Hall–Kier alpha value is -1.88. The molecule has 0 aliphatic rings. The second-order valence-corrected chi connectivity index (χ2v) is 3.34. The van der Waals surface area contributed by atoms with Crippen LogP contribution in [-0.2, 0) is 0 Å². The van der Waals surface area contributed by atoms with Crippen LogP contribution in [0.3, 0.4) is 0 Å². The molecule has 0 amide bonds. The number of aromatic nitrogens is 2. The molecule has 0 saturated heterocycles. The molecule has 1 aromatic heterocycles. The minimum absolute atomic E-state index is 0.0230. The Labute approximate surface area is 95.9 Å². The lowest BCUT2D eigenvalue weighted by Crippen LogP contribution is -1.97. The Morgan fingerprint density at radius 1 is 1.38 bits per heavy atom. The van der Waals surface area contributed by atoms with Gasteiger partial charge < -0.3 is 10.5 Å². The fourth-order valence-electron chi connectivity index (χ4n) is 1.08. The van der Waals surface area contributed by atoms with Crippen molar-refractivity contribution in [1.82, 2.24) is 9.97 Å². The number of halogens is 2. The minimum atomic E-state index is -0.651. The lowest BCUT2D eigenvalue weighted by molar-refractivity contribution is 0.429. The molecule has 2 aromatic rings. The van der Waals surface area contributed by atoms with Crippen molar-refractivity contribution in [3.8, 4) is 11.6 Å². The number of nitrogen functional groups attached to an aromatic ring is 1. The van der Waals surface area contributed by atoms with E-state index in [1.165, 1.54) is 24.7 Å². The number of ether oxygens (including phenoxy) is 1. The van der Waals surface area contributed by atoms with Gasteiger partial charge in [-0.25, -0.2) is 9.37 Å². The molecule has 0 atom stereocenters. The highest BCUT2D eigenvalue weighted by Gasteiger charge is 2.10. The molecule has 82 valence electrons. The number of hydrogen-bond donors (Lipinski definition) is 1. The van der Waals surface area contributed by atoms with Crippen LogP contribution >= 0.6 is 11.6 Å². The van der Waals surface area contributed by atoms with Crippen molar-refractivity contribution in [3.05, 3.63) is 41.6 Å². The number of hydrogen-bond acceptors (Lipinski definition) is 4. The quantitative estimate of drug-likeness (QED) is 0.875. The Morgan fingerprint density at radius 2 is 2.19 bits per heavy atom. The van der Waals surface area contributed by atoms with Crippen LogP contribution < -0.4 is 10.5 Å². The van der Waals surface area contributed by atoms with Gasteiger partial charge in [-0.05, 0) is 12.1 Å². The van der Waals surface area contributed by atoms with Crippen LogP contribution in [0.5, 0.6) is 11.6 Å². The van der Waals surface area contributed by atoms with Gasteiger partial charge in [-0.15, -0.1) is 0 Å². The van der Waals surface area contributed by atoms with Crippen molar-refractivity contribution >= 4 is 17.3 Å². The fourth-order valence-corrected chi connectivity index (χ4v) is 1.25. The van der Waals surface area contributed by atoms with Crippen molar-refractivity contribution < 1.29 is 9.13 Å². The third-order valence-electron chi connectivity index (χ3n) is 1.83. The summed E-state index contributed by atoms with van der Waals surface area (Å²) in [5, 5.41) is -0.0230. The summed E-state index contributed by atoms with van der Waals surface area (Å²) in [5.41, 5.74) is 5.78. The molecule has 0 radical (unpaired) electrons. The van der Waals surface area contributed by atoms with Gasteiger partial charge in [0.1, 0.15) is 12.0 Å². The molecule has 0 aliphatic heterocycles. The first-order valence-electron chi connectivity index (χ1n) is 4.36. The van der Waals surface area contributed by atoms with Crippen molar-refractivity contribution in [2.24, 2.45) is 0 Å². The smallest absolute Gasteiger partial charge is 0.245 e. The highest BCUT2D eigenvalue weighted by molar-refractivity contribution is 6.30. The molecule has 4 nitrogen and oxygen atoms in total. The highest BCUT2D eigenvalue weighted by atomic mass is 35.5. The lowest BCUT2D eigenvalue weighted by Gasteiger charge is -2.07. The van der Waals surface area contributed by atoms with Crippen molar-refractivity contribution in [3.63, 3.8) is 0 Å². The summed E-state index contributed by atoms with van der Waals surface area (Å²) in [7, 11) is 0. The number of anilines is 1. The molecule has 0 unspecified atom stereocenters. The maximum absolute atomic E-state index is 13.5. The molecule has 0 spiro atoms. The first-order valence-corrected chi connectivity index (χ1v) is 4.73. The third kappa shape index (κ3) is 2.04. The summed E-state index contributed by atoms with van der Waals surface area (Å²) in [6.07, 6.45) is 2.62. The molecule has 1 heterocycles. The van der Waals surface area contributed by atoms with Gasteiger partial charge in [-0.3, -0.25) is 0 Å². The summed E-state index contributed by atoms with van der Waals surface area (Å²) < 4.78 is 18.7. The van der Waals surface area contributed by atoms with Gasteiger partial charge in [-0.1, -0.05) is 17.7 Å². The Balaban J connectivity index is 2.35. The predicted octanol–water partition coefficient (Wildman–Crippen LogP) is 2.64. The van der Waals surface area contributed by atoms with Crippen LogP contribution in [0.25, 0.3) is 0 Å². The molecule has 0 saturated carbocycles. The Morgan fingerprint density at radius 3 is 2.94 bits per heavy atom. The summed E-state index contributed by atoms with van der Waals surface area (Å²) in [6.45, 7) is 0. The predicted molar refractivity (Wildman–Crippen MR) is 57.9 cm³/mol. The molecule has 0 fully saturated rings. The van der Waals surface area contributed by atoms with Gasteiger partial charge >= 0.3 is 0 Å². The number of nitrogens with zero attached hydrogens (tertiary/aromatic N) is 2. The van der Waals surface area contributed by atoms with E-state index in [1.54, 1.807) is 6.07 Å². The average molecular weight is 240 g/mol. The first kappa shape index (κ1) is 10.6. The summed E-state index contributed by atoms with van der Waals surface area (Å²) >= 11 is 5.60. The van der Waals surface area contributed by atoms with Crippen LogP contribution in [0.2, 0.25) is 5.02 Å². The van der Waals surface area contributed by atoms with Gasteiger partial charge in [0.25, 0.3) is 0 Å². The van der Waals surface area contributed by atoms with Crippen LogP contribution in [0.15, 0.2) is 30.7 Å². The van der Waals surface area contributed by atoms with Gasteiger partial charge in [0, 0.05) is 0 Å². The van der Waals surface area contributed by atoms with E-state index in [9.17, 15) is 4.39 Å². The molecular formula is C10H7ClFN3O. The molecule has 0 aliphatic carbocycles. The van der Waals surface area contributed by atoms with Crippen LogP contribution in [0.1, 0.15) is 0 Å². The normalized spacial score (nSPS) is 10.1. The summed E-state index contributed by atoms with van der Waals surface area (Å²) in [6, 6.07) is 4.42. The zero-order valence-corrected chi connectivity index (χ0v) is 8.78. The van der Waals surface area contributed by atoms with E-state index >= 15 is 0 Å².